The lowest BCUT2D eigenvalue weighted by Crippen LogP contribution is -2.42. The zero-order valence-corrected chi connectivity index (χ0v) is 17.3. The summed E-state index contributed by atoms with van der Waals surface area (Å²) < 4.78 is 5.44. The number of likely N-dealkylation sites (tertiary alicyclic amines) is 1. The number of imide groups is 1. The summed E-state index contributed by atoms with van der Waals surface area (Å²) >= 11 is 0. The van der Waals surface area contributed by atoms with Gasteiger partial charge in [0.05, 0.1) is 26.7 Å². The molecule has 2 saturated heterocycles. The molecule has 0 radical (unpaired) electrons. The molecular formula is C22H26N4O4. The normalized spacial score (nSPS) is 18.1. The van der Waals surface area contributed by atoms with E-state index in [1.807, 2.05) is 18.3 Å². The van der Waals surface area contributed by atoms with Crippen LogP contribution in [0.25, 0.3) is 10.8 Å². The average Bonchev–Trinajstić information content (AvgIpc) is 3.06. The molecule has 8 nitrogen and oxygen atoms in total. The van der Waals surface area contributed by atoms with Crippen LogP contribution in [0.4, 0.5) is 4.79 Å². The van der Waals surface area contributed by atoms with E-state index < -0.39 is 6.03 Å². The van der Waals surface area contributed by atoms with Gasteiger partial charge in [-0.3, -0.25) is 24.4 Å². The van der Waals surface area contributed by atoms with Gasteiger partial charge in [-0.05, 0) is 62.0 Å². The van der Waals surface area contributed by atoms with Crippen LogP contribution in [0.1, 0.15) is 30.0 Å². The fourth-order valence-electron chi connectivity index (χ4n) is 4.29. The lowest BCUT2D eigenvalue weighted by Gasteiger charge is -2.31. The molecule has 0 saturated carbocycles. The van der Waals surface area contributed by atoms with Crippen molar-refractivity contribution in [1.29, 1.82) is 0 Å². The van der Waals surface area contributed by atoms with Crippen molar-refractivity contribution >= 4 is 28.5 Å². The molecule has 2 fully saturated rings. The number of aromatic nitrogens is 1. The maximum Gasteiger partial charge on any atom is 0.324 e. The van der Waals surface area contributed by atoms with E-state index in [9.17, 15) is 14.4 Å². The Morgan fingerprint density at radius 2 is 2.00 bits per heavy atom. The first-order valence-electron chi connectivity index (χ1n) is 10.2. The number of pyridine rings is 1. The Kier molecular flexibility index (Phi) is 5.67. The summed E-state index contributed by atoms with van der Waals surface area (Å²) in [5, 5.41) is 4.69. The number of methoxy groups -OCH3 is 1. The van der Waals surface area contributed by atoms with Crippen molar-refractivity contribution in [3.8, 4) is 5.75 Å². The van der Waals surface area contributed by atoms with E-state index in [-0.39, 0.29) is 31.3 Å². The number of aryl methyl sites for hydroxylation is 1. The van der Waals surface area contributed by atoms with E-state index in [2.05, 4.69) is 28.2 Å². The molecule has 0 spiro atoms. The number of hydrogen-bond acceptors (Lipinski definition) is 6. The number of urea groups is 1. The van der Waals surface area contributed by atoms with Crippen LogP contribution in [0, 0.1) is 6.92 Å². The quantitative estimate of drug-likeness (QED) is 0.731. The first-order valence-corrected chi connectivity index (χ1v) is 10.2. The number of nitrogens with one attached hydrogen (secondary N) is 1. The minimum Gasteiger partial charge on any atom is -0.496 e. The van der Waals surface area contributed by atoms with Crippen LogP contribution in [-0.4, -0.2) is 72.3 Å². The maximum atomic E-state index is 12.3. The van der Waals surface area contributed by atoms with Gasteiger partial charge in [-0.25, -0.2) is 4.79 Å². The largest absolute Gasteiger partial charge is 0.496 e. The van der Waals surface area contributed by atoms with Crippen LogP contribution in [0.5, 0.6) is 5.75 Å². The van der Waals surface area contributed by atoms with E-state index in [4.69, 9.17) is 4.74 Å². The molecule has 3 heterocycles. The number of ketones is 1. The number of benzene rings is 1. The van der Waals surface area contributed by atoms with Crippen LogP contribution < -0.4 is 10.1 Å². The van der Waals surface area contributed by atoms with Gasteiger partial charge in [0, 0.05) is 23.2 Å². The molecule has 1 aromatic carbocycles. The Bertz CT molecular complexity index is 982. The molecule has 2 aliphatic heterocycles. The van der Waals surface area contributed by atoms with E-state index in [0.29, 0.717) is 5.92 Å². The van der Waals surface area contributed by atoms with Crippen LogP contribution in [0.2, 0.25) is 0 Å². The van der Waals surface area contributed by atoms with Crippen LogP contribution >= 0.6 is 0 Å². The fraction of sp³-hybridized carbons (Fsp3) is 0.455. The predicted octanol–water partition coefficient (Wildman–Crippen LogP) is 1.85. The molecular weight excluding hydrogens is 384 g/mol. The Hall–Kier alpha value is -3.00. The Labute approximate surface area is 175 Å². The smallest absolute Gasteiger partial charge is 0.324 e. The number of rotatable bonds is 6. The van der Waals surface area contributed by atoms with Gasteiger partial charge in [-0.15, -0.1) is 0 Å². The number of ether oxygens (including phenoxy) is 1. The topological polar surface area (TPSA) is 91.8 Å². The summed E-state index contributed by atoms with van der Waals surface area (Å²) in [5.74, 6) is 0.752. The lowest BCUT2D eigenvalue weighted by atomic mass is 9.91. The van der Waals surface area contributed by atoms with E-state index in [1.54, 1.807) is 7.11 Å². The summed E-state index contributed by atoms with van der Waals surface area (Å²) in [6, 6.07) is 5.67. The standard InChI is InChI=1S/C22H26N4O4/c1-14-18-9-19(23-10-16(18)3-4-20(14)30-2)15-5-7-25(8-6-15)12-17(27)13-26-21(28)11-24-22(26)29/h3-4,9-10,15H,5-8,11-13H2,1-2H3,(H,24,29). The maximum absolute atomic E-state index is 12.3. The molecule has 3 amide bonds. The number of nitrogens with zero attached hydrogens (tertiary/aromatic N) is 3. The molecule has 0 unspecified atom stereocenters. The van der Waals surface area contributed by atoms with E-state index >= 15 is 0 Å². The van der Waals surface area contributed by atoms with Gasteiger partial charge >= 0.3 is 6.03 Å². The second kappa shape index (κ2) is 8.39. The number of hydrogen-bond donors (Lipinski definition) is 1. The lowest BCUT2D eigenvalue weighted by molar-refractivity contribution is -0.130. The summed E-state index contributed by atoms with van der Waals surface area (Å²) in [6.45, 7) is 3.70. The van der Waals surface area contributed by atoms with Crippen molar-refractivity contribution in [1.82, 2.24) is 20.1 Å². The monoisotopic (exact) mass is 410 g/mol. The molecule has 0 aliphatic carbocycles. The van der Waals surface area contributed by atoms with Crippen molar-refractivity contribution in [2.24, 2.45) is 0 Å². The van der Waals surface area contributed by atoms with Crippen molar-refractivity contribution in [2.75, 3.05) is 39.8 Å². The molecule has 8 heteroatoms. The second-order valence-corrected chi connectivity index (χ2v) is 7.95. The molecule has 1 aromatic heterocycles. The Balaban J connectivity index is 1.36. The highest BCUT2D eigenvalue weighted by molar-refractivity contribution is 6.04. The van der Waals surface area contributed by atoms with Gasteiger partial charge in [0.1, 0.15) is 5.75 Å². The number of fused-ring (bicyclic) bond motifs is 1. The second-order valence-electron chi connectivity index (χ2n) is 7.95. The summed E-state index contributed by atoms with van der Waals surface area (Å²) in [5.41, 5.74) is 2.19. The van der Waals surface area contributed by atoms with Gasteiger partial charge in [-0.1, -0.05) is 0 Å². The first-order chi connectivity index (χ1) is 14.5. The van der Waals surface area contributed by atoms with Crippen LogP contribution in [-0.2, 0) is 9.59 Å². The summed E-state index contributed by atoms with van der Waals surface area (Å²) in [6.07, 6.45) is 3.75. The van der Waals surface area contributed by atoms with Crippen molar-refractivity contribution in [2.45, 2.75) is 25.7 Å². The van der Waals surface area contributed by atoms with Gasteiger partial charge in [0.15, 0.2) is 5.78 Å². The number of piperidine rings is 1. The van der Waals surface area contributed by atoms with E-state index in [0.717, 1.165) is 58.6 Å². The van der Waals surface area contributed by atoms with Crippen molar-refractivity contribution in [3.63, 3.8) is 0 Å². The van der Waals surface area contributed by atoms with Gasteiger partial charge in [-0.2, -0.15) is 0 Å². The van der Waals surface area contributed by atoms with Gasteiger partial charge in [0.25, 0.3) is 0 Å². The summed E-state index contributed by atoms with van der Waals surface area (Å²) in [7, 11) is 1.68. The fourth-order valence-corrected chi connectivity index (χ4v) is 4.29. The Morgan fingerprint density at radius 3 is 2.67 bits per heavy atom. The molecule has 0 atom stereocenters. The molecule has 2 aromatic rings. The molecule has 4 rings (SSSR count). The highest BCUT2D eigenvalue weighted by Crippen LogP contribution is 2.32. The van der Waals surface area contributed by atoms with Crippen molar-refractivity contribution < 1.29 is 19.1 Å². The highest BCUT2D eigenvalue weighted by Gasteiger charge is 2.31. The van der Waals surface area contributed by atoms with Gasteiger partial charge in [0.2, 0.25) is 5.91 Å². The minimum atomic E-state index is -0.485. The molecule has 2 aliphatic rings. The average molecular weight is 410 g/mol. The first kappa shape index (κ1) is 20.3. The van der Waals surface area contributed by atoms with Crippen LogP contribution in [0.3, 0.4) is 0 Å². The molecule has 30 heavy (non-hydrogen) atoms. The third-order valence-electron chi connectivity index (χ3n) is 6.04. The number of amides is 3. The highest BCUT2D eigenvalue weighted by atomic mass is 16.5. The minimum absolute atomic E-state index is 0.0262. The zero-order valence-electron chi connectivity index (χ0n) is 17.3. The van der Waals surface area contributed by atoms with Crippen LogP contribution in [0.15, 0.2) is 24.4 Å². The van der Waals surface area contributed by atoms with Crippen molar-refractivity contribution in [3.05, 3.63) is 35.7 Å². The molecule has 0 bridgehead atoms. The SMILES string of the molecule is COc1ccc2cnc(C3CCN(CC(=O)CN4C(=O)CNC4=O)CC3)cc2c1C. The third-order valence-corrected chi connectivity index (χ3v) is 6.04. The van der Waals surface area contributed by atoms with E-state index in [1.165, 1.54) is 0 Å². The predicted molar refractivity (Wildman–Crippen MR) is 112 cm³/mol. The molecule has 158 valence electrons. The Morgan fingerprint density at radius 1 is 1.23 bits per heavy atom. The summed E-state index contributed by atoms with van der Waals surface area (Å²) in [4.78, 5) is 43.3. The third kappa shape index (κ3) is 4.00. The van der Waals surface area contributed by atoms with Gasteiger partial charge < -0.3 is 10.1 Å². The molecule has 1 N–H and O–H groups in total. The number of carbonyl (C=O) groups is 3. The number of Topliss-reactive ketones (excluding diaryl/α,β-unsaturated/α-hetero) is 1. The zero-order chi connectivity index (χ0) is 21.3. The number of carbonyl (C=O) groups excluding carboxylic acids is 3.